The average Bonchev–Trinajstić information content (AvgIpc) is 2.99. The minimum absolute atomic E-state index is 0.188. The van der Waals surface area contributed by atoms with E-state index in [-0.39, 0.29) is 18.0 Å². The number of hydrogen-bond donors (Lipinski definition) is 1. The number of carbonyl (C=O) groups is 1. The summed E-state index contributed by atoms with van der Waals surface area (Å²) in [7, 11) is 1.40. The number of rotatable bonds is 3. The summed E-state index contributed by atoms with van der Waals surface area (Å²) in [5, 5.41) is 4.90. The number of carbonyl (C=O) groups excluding carboxylic acids is 1. The predicted molar refractivity (Wildman–Crippen MR) is 91.4 cm³/mol. The fourth-order valence-corrected chi connectivity index (χ4v) is 3.32. The zero-order valence-corrected chi connectivity index (χ0v) is 13.6. The number of aromatic nitrogens is 2. The van der Waals surface area contributed by atoms with Gasteiger partial charge < -0.3 is 5.32 Å². The molecule has 0 aliphatic heterocycles. The maximum Gasteiger partial charge on any atom is 0.331 e. The van der Waals surface area contributed by atoms with Gasteiger partial charge in [0.2, 0.25) is 5.91 Å². The van der Waals surface area contributed by atoms with Crippen LogP contribution in [0.1, 0.15) is 0 Å². The molecule has 1 amide bonds. The second-order valence-electron chi connectivity index (χ2n) is 4.93. The Hall–Kier alpha value is -2.38. The molecule has 0 unspecified atom stereocenters. The van der Waals surface area contributed by atoms with Crippen molar-refractivity contribution in [1.82, 2.24) is 9.13 Å². The standard InChI is InChI=1S/C15H12ClN3O3S/c1-18-14(21)13-11(5-6-23-13)19(15(18)22)8-12(20)17-10-4-2-3-9(16)7-10/h2-7H,8H2,1H3,(H,17,20). The molecule has 0 spiro atoms. The minimum Gasteiger partial charge on any atom is -0.324 e. The second kappa shape index (κ2) is 6.02. The predicted octanol–water partition coefficient (Wildman–Crippen LogP) is 2.05. The van der Waals surface area contributed by atoms with E-state index in [0.29, 0.717) is 20.9 Å². The third kappa shape index (κ3) is 2.93. The molecular formula is C15H12ClN3O3S. The van der Waals surface area contributed by atoms with Crippen LogP contribution >= 0.6 is 22.9 Å². The average molecular weight is 350 g/mol. The van der Waals surface area contributed by atoms with Crippen LogP contribution in [0.15, 0.2) is 45.3 Å². The number of halogens is 1. The molecule has 0 fully saturated rings. The van der Waals surface area contributed by atoms with Crippen molar-refractivity contribution < 1.29 is 4.79 Å². The molecule has 23 heavy (non-hydrogen) atoms. The molecule has 0 atom stereocenters. The van der Waals surface area contributed by atoms with E-state index in [9.17, 15) is 14.4 Å². The van der Waals surface area contributed by atoms with Crippen LogP contribution in [-0.2, 0) is 18.4 Å². The molecule has 0 aliphatic rings. The van der Waals surface area contributed by atoms with Crippen LogP contribution in [0.2, 0.25) is 5.02 Å². The van der Waals surface area contributed by atoms with Crippen molar-refractivity contribution in [2.45, 2.75) is 6.54 Å². The summed E-state index contributed by atoms with van der Waals surface area (Å²) in [6, 6.07) is 8.39. The zero-order chi connectivity index (χ0) is 16.6. The molecule has 0 bridgehead atoms. The molecule has 118 valence electrons. The SMILES string of the molecule is Cn1c(=O)c2sccc2n(CC(=O)Nc2cccc(Cl)c2)c1=O. The van der Waals surface area contributed by atoms with Gasteiger partial charge in [-0.1, -0.05) is 17.7 Å². The molecule has 3 rings (SSSR count). The van der Waals surface area contributed by atoms with Crippen LogP contribution in [-0.4, -0.2) is 15.0 Å². The summed E-state index contributed by atoms with van der Waals surface area (Å²) in [5.74, 6) is -0.375. The molecule has 2 aromatic heterocycles. The second-order valence-corrected chi connectivity index (χ2v) is 6.28. The van der Waals surface area contributed by atoms with Gasteiger partial charge in [0.1, 0.15) is 11.2 Å². The van der Waals surface area contributed by atoms with Crippen LogP contribution in [0.3, 0.4) is 0 Å². The van der Waals surface area contributed by atoms with E-state index >= 15 is 0 Å². The molecule has 8 heteroatoms. The highest BCUT2D eigenvalue weighted by Gasteiger charge is 2.14. The maximum absolute atomic E-state index is 12.3. The molecule has 1 N–H and O–H groups in total. The van der Waals surface area contributed by atoms with Gasteiger partial charge in [0.25, 0.3) is 5.56 Å². The number of amides is 1. The first kappa shape index (κ1) is 15.5. The summed E-state index contributed by atoms with van der Waals surface area (Å²) in [5.41, 5.74) is 0.125. The topological polar surface area (TPSA) is 73.1 Å². The molecule has 0 saturated carbocycles. The van der Waals surface area contributed by atoms with Crippen molar-refractivity contribution in [3.63, 3.8) is 0 Å². The van der Waals surface area contributed by atoms with Gasteiger partial charge in [-0.15, -0.1) is 11.3 Å². The quantitative estimate of drug-likeness (QED) is 0.786. The van der Waals surface area contributed by atoms with Crippen LogP contribution in [0, 0.1) is 0 Å². The Labute approximate surface area is 139 Å². The molecular weight excluding hydrogens is 338 g/mol. The molecule has 3 aromatic rings. The number of thiophene rings is 1. The number of benzene rings is 1. The number of anilines is 1. The Bertz CT molecular complexity index is 1020. The van der Waals surface area contributed by atoms with Gasteiger partial charge in [-0.3, -0.25) is 18.7 Å². The number of fused-ring (bicyclic) bond motifs is 1. The van der Waals surface area contributed by atoms with Crippen molar-refractivity contribution in [3.8, 4) is 0 Å². The van der Waals surface area contributed by atoms with Crippen molar-refractivity contribution in [2.24, 2.45) is 7.05 Å². The van der Waals surface area contributed by atoms with E-state index in [1.165, 1.54) is 23.0 Å². The van der Waals surface area contributed by atoms with E-state index in [4.69, 9.17) is 11.6 Å². The zero-order valence-electron chi connectivity index (χ0n) is 12.1. The summed E-state index contributed by atoms with van der Waals surface area (Å²) >= 11 is 7.11. The summed E-state index contributed by atoms with van der Waals surface area (Å²) < 4.78 is 2.74. The first-order valence-electron chi connectivity index (χ1n) is 6.70. The molecule has 0 radical (unpaired) electrons. The third-order valence-electron chi connectivity index (χ3n) is 3.36. The fraction of sp³-hybridized carbons (Fsp3) is 0.133. The first-order valence-corrected chi connectivity index (χ1v) is 7.95. The molecule has 0 aliphatic carbocycles. The van der Waals surface area contributed by atoms with Crippen molar-refractivity contribution in [3.05, 3.63) is 61.6 Å². The van der Waals surface area contributed by atoms with E-state index in [0.717, 1.165) is 4.57 Å². The van der Waals surface area contributed by atoms with E-state index in [1.54, 1.807) is 35.7 Å². The van der Waals surface area contributed by atoms with Crippen LogP contribution in [0.4, 0.5) is 5.69 Å². The lowest BCUT2D eigenvalue weighted by Gasteiger charge is -2.10. The van der Waals surface area contributed by atoms with Gasteiger partial charge in [-0.2, -0.15) is 0 Å². The van der Waals surface area contributed by atoms with Gasteiger partial charge >= 0.3 is 5.69 Å². The lowest BCUT2D eigenvalue weighted by atomic mass is 10.3. The van der Waals surface area contributed by atoms with Gasteiger partial charge in [0, 0.05) is 17.8 Å². The Morgan fingerprint density at radius 2 is 2.09 bits per heavy atom. The molecule has 2 heterocycles. The van der Waals surface area contributed by atoms with Crippen molar-refractivity contribution in [1.29, 1.82) is 0 Å². The smallest absolute Gasteiger partial charge is 0.324 e. The van der Waals surface area contributed by atoms with Crippen molar-refractivity contribution >= 4 is 44.7 Å². The highest BCUT2D eigenvalue weighted by Crippen LogP contribution is 2.16. The maximum atomic E-state index is 12.3. The van der Waals surface area contributed by atoms with E-state index < -0.39 is 5.69 Å². The van der Waals surface area contributed by atoms with E-state index in [2.05, 4.69) is 5.32 Å². The number of hydrogen-bond acceptors (Lipinski definition) is 4. The fourth-order valence-electron chi connectivity index (χ4n) is 2.26. The van der Waals surface area contributed by atoms with Gasteiger partial charge in [0.15, 0.2) is 0 Å². The Balaban J connectivity index is 1.96. The summed E-state index contributed by atoms with van der Waals surface area (Å²) in [6.07, 6.45) is 0. The largest absolute Gasteiger partial charge is 0.331 e. The molecule has 1 aromatic carbocycles. The summed E-state index contributed by atoms with van der Waals surface area (Å²) in [4.78, 5) is 36.5. The Kier molecular flexibility index (Phi) is 4.06. The Morgan fingerprint density at radius 1 is 1.30 bits per heavy atom. The first-order chi connectivity index (χ1) is 11.0. The minimum atomic E-state index is -0.526. The Morgan fingerprint density at radius 3 is 2.83 bits per heavy atom. The molecule has 6 nitrogen and oxygen atoms in total. The number of nitrogens with one attached hydrogen (secondary N) is 1. The highest BCUT2D eigenvalue weighted by atomic mass is 35.5. The van der Waals surface area contributed by atoms with Crippen LogP contribution < -0.4 is 16.6 Å². The summed E-state index contributed by atoms with van der Waals surface area (Å²) in [6.45, 7) is -0.188. The highest BCUT2D eigenvalue weighted by molar-refractivity contribution is 7.17. The lowest BCUT2D eigenvalue weighted by Crippen LogP contribution is -2.39. The number of nitrogens with zero attached hydrogens (tertiary/aromatic N) is 2. The third-order valence-corrected chi connectivity index (χ3v) is 4.49. The van der Waals surface area contributed by atoms with Gasteiger partial charge in [-0.05, 0) is 29.6 Å². The van der Waals surface area contributed by atoms with Crippen LogP contribution in [0.5, 0.6) is 0 Å². The van der Waals surface area contributed by atoms with Crippen LogP contribution in [0.25, 0.3) is 10.2 Å². The normalized spacial score (nSPS) is 10.9. The van der Waals surface area contributed by atoms with Crippen molar-refractivity contribution in [2.75, 3.05) is 5.32 Å². The van der Waals surface area contributed by atoms with Gasteiger partial charge in [0.05, 0.1) is 5.52 Å². The van der Waals surface area contributed by atoms with E-state index in [1.807, 2.05) is 0 Å². The lowest BCUT2D eigenvalue weighted by molar-refractivity contribution is -0.116. The molecule has 0 saturated heterocycles. The monoisotopic (exact) mass is 349 g/mol. The van der Waals surface area contributed by atoms with Gasteiger partial charge in [-0.25, -0.2) is 4.79 Å².